The Morgan fingerprint density at radius 1 is 1.53 bits per heavy atom. The highest BCUT2D eigenvalue weighted by atomic mass is 79.9. The number of aromatic nitrogens is 1. The maximum Gasteiger partial charge on any atom is 0.224 e. The van der Waals surface area contributed by atoms with Crippen molar-refractivity contribution < 1.29 is 4.79 Å². The molecule has 0 saturated heterocycles. The Morgan fingerprint density at radius 2 is 2.26 bits per heavy atom. The number of hydrogen-bond acceptors (Lipinski definition) is 5. The van der Waals surface area contributed by atoms with Gasteiger partial charge in [0, 0.05) is 16.6 Å². The third-order valence-electron chi connectivity index (χ3n) is 2.45. The first-order valence-electron chi connectivity index (χ1n) is 5.86. The molecule has 2 aromatic rings. The summed E-state index contributed by atoms with van der Waals surface area (Å²) in [6, 6.07) is 3.75. The first kappa shape index (κ1) is 14.2. The quantitative estimate of drug-likeness (QED) is 0.588. The van der Waals surface area contributed by atoms with Gasteiger partial charge in [0.1, 0.15) is 0 Å². The molecule has 1 aromatic heterocycles. The number of anilines is 2. The third kappa shape index (κ3) is 3.43. The molecule has 5 nitrogen and oxygen atoms in total. The number of hydrazine groups is 1. The second-order valence-corrected chi connectivity index (χ2v) is 6.50. The number of carbonyl (C=O) groups is 1. The average Bonchev–Trinajstić information content (AvgIpc) is 2.71. The Labute approximate surface area is 123 Å². The van der Waals surface area contributed by atoms with Crippen molar-refractivity contribution in [3.05, 3.63) is 16.6 Å². The van der Waals surface area contributed by atoms with E-state index in [0.717, 1.165) is 20.4 Å². The van der Waals surface area contributed by atoms with Crippen LogP contribution in [0.25, 0.3) is 10.2 Å². The van der Waals surface area contributed by atoms with Crippen molar-refractivity contribution in [2.75, 3.05) is 10.7 Å². The van der Waals surface area contributed by atoms with Crippen LogP contribution in [0.1, 0.15) is 20.3 Å². The lowest BCUT2D eigenvalue weighted by molar-refractivity contribution is -0.116. The second kappa shape index (κ2) is 5.85. The highest BCUT2D eigenvalue weighted by Crippen LogP contribution is 2.33. The summed E-state index contributed by atoms with van der Waals surface area (Å²) in [7, 11) is 0. The van der Waals surface area contributed by atoms with Gasteiger partial charge in [-0.1, -0.05) is 25.2 Å². The monoisotopic (exact) mass is 342 g/mol. The smallest absolute Gasteiger partial charge is 0.224 e. The SMILES string of the molecule is CC(C)CC(=O)Nc1cc(Br)c2nc(NN)sc2c1. The summed E-state index contributed by atoms with van der Waals surface area (Å²) in [5, 5.41) is 3.53. The van der Waals surface area contributed by atoms with Gasteiger partial charge in [0.15, 0.2) is 5.13 Å². The number of fused-ring (bicyclic) bond motifs is 1. The number of nitrogens with zero attached hydrogens (tertiary/aromatic N) is 1. The van der Waals surface area contributed by atoms with Crippen molar-refractivity contribution in [3.8, 4) is 0 Å². The van der Waals surface area contributed by atoms with Crippen molar-refractivity contribution in [2.45, 2.75) is 20.3 Å². The molecule has 0 unspecified atom stereocenters. The molecule has 0 atom stereocenters. The van der Waals surface area contributed by atoms with Crippen LogP contribution in [0.15, 0.2) is 16.6 Å². The van der Waals surface area contributed by atoms with Gasteiger partial charge in [-0.2, -0.15) is 0 Å². The zero-order chi connectivity index (χ0) is 14.0. The minimum atomic E-state index is 0.0166. The Balaban J connectivity index is 2.27. The number of nitrogen functional groups attached to an aromatic ring is 1. The Morgan fingerprint density at radius 3 is 2.89 bits per heavy atom. The van der Waals surface area contributed by atoms with E-state index >= 15 is 0 Å². The molecule has 2 rings (SSSR count). The largest absolute Gasteiger partial charge is 0.326 e. The topological polar surface area (TPSA) is 80.0 Å². The van der Waals surface area contributed by atoms with Crippen LogP contribution in [0.2, 0.25) is 0 Å². The standard InChI is InChI=1S/C12H15BrN4OS/c1-6(2)3-10(18)15-7-4-8(13)11-9(5-7)19-12(16-11)17-14/h4-6H,3,14H2,1-2H3,(H,15,18)(H,16,17). The van der Waals surface area contributed by atoms with Gasteiger partial charge in [0.05, 0.1) is 10.2 Å². The summed E-state index contributed by atoms with van der Waals surface area (Å²) in [5.41, 5.74) is 4.12. The lowest BCUT2D eigenvalue weighted by Crippen LogP contribution is -2.13. The summed E-state index contributed by atoms with van der Waals surface area (Å²) in [5.74, 6) is 5.70. The maximum absolute atomic E-state index is 11.8. The van der Waals surface area contributed by atoms with E-state index in [1.165, 1.54) is 11.3 Å². The first-order valence-corrected chi connectivity index (χ1v) is 7.47. The highest BCUT2D eigenvalue weighted by Gasteiger charge is 2.11. The molecule has 0 aliphatic carbocycles. The lowest BCUT2D eigenvalue weighted by Gasteiger charge is -2.07. The van der Waals surface area contributed by atoms with Crippen LogP contribution in [0.3, 0.4) is 0 Å². The molecule has 4 N–H and O–H groups in total. The number of hydrogen-bond donors (Lipinski definition) is 3. The molecule has 1 amide bonds. The minimum Gasteiger partial charge on any atom is -0.326 e. The van der Waals surface area contributed by atoms with Gasteiger partial charge in [0.25, 0.3) is 0 Å². The highest BCUT2D eigenvalue weighted by molar-refractivity contribution is 9.10. The first-order chi connectivity index (χ1) is 8.99. The molecule has 7 heteroatoms. The Bertz CT molecular complexity index is 611. The molecule has 0 aliphatic heterocycles. The van der Waals surface area contributed by atoms with Gasteiger partial charge in [-0.25, -0.2) is 10.8 Å². The number of halogens is 1. The van der Waals surface area contributed by atoms with E-state index in [1.807, 2.05) is 26.0 Å². The second-order valence-electron chi connectivity index (χ2n) is 4.61. The molecule has 1 aromatic carbocycles. The number of carbonyl (C=O) groups excluding carboxylic acids is 1. The van der Waals surface area contributed by atoms with Crippen LogP contribution >= 0.6 is 27.3 Å². The van der Waals surface area contributed by atoms with Crippen LogP contribution in [0, 0.1) is 5.92 Å². The van der Waals surface area contributed by atoms with Crippen molar-refractivity contribution >= 4 is 54.2 Å². The van der Waals surface area contributed by atoms with Crippen molar-refractivity contribution in [1.82, 2.24) is 4.98 Å². The van der Waals surface area contributed by atoms with Gasteiger partial charge in [-0.15, -0.1) is 0 Å². The summed E-state index contributed by atoms with van der Waals surface area (Å²) < 4.78 is 1.80. The molecule has 19 heavy (non-hydrogen) atoms. The molecule has 0 saturated carbocycles. The van der Waals surface area contributed by atoms with Gasteiger partial charge >= 0.3 is 0 Å². The predicted octanol–water partition coefficient (Wildman–Crippen LogP) is 3.33. The normalized spacial score (nSPS) is 11.0. The van der Waals surface area contributed by atoms with Gasteiger partial charge in [-0.3, -0.25) is 10.2 Å². The number of nitrogens with one attached hydrogen (secondary N) is 2. The minimum absolute atomic E-state index is 0.0166. The molecule has 0 bridgehead atoms. The summed E-state index contributed by atoms with van der Waals surface area (Å²) >= 11 is 4.89. The van der Waals surface area contributed by atoms with E-state index in [2.05, 4.69) is 31.7 Å². The summed E-state index contributed by atoms with van der Waals surface area (Å²) in [6.07, 6.45) is 0.508. The maximum atomic E-state index is 11.8. The number of nitrogens with two attached hydrogens (primary N) is 1. The van der Waals surface area contributed by atoms with Crippen LogP contribution in [0.5, 0.6) is 0 Å². The van der Waals surface area contributed by atoms with E-state index in [4.69, 9.17) is 5.84 Å². The molecule has 0 radical (unpaired) electrons. The molecule has 0 aliphatic rings. The summed E-state index contributed by atoms with van der Waals surface area (Å²) in [6.45, 7) is 4.03. The van der Waals surface area contributed by atoms with Crippen molar-refractivity contribution in [2.24, 2.45) is 11.8 Å². The van der Waals surface area contributed by atoms with Crippen LogP contribution in [-0.2, 0) is 4.79 Å². The van der Waals surface area contributed by atoms with Crippen LogP contribution in [0.4, 0.5) is 10.8 Å². The predicted molar refractivity (Wildman–Crippen MR) is 83.2 cm³/mol. The average molecular weight is 343 g/mol. The molecule has 0 spiro atoms. The zero-order valence-corrected chi connectivity index (χ0v) is 13.1. The number of thiazole rings is 1. The van der Waals surface area contributed by atoms with E-state index in [-0.39, 0.29) is 5.91 Å². The van der Waals surface area contributed by atoms with Crippen molar-refractivity contribution in [3.63, 3.8) is 0 Å². The zero-order valence-electron chi connectivity index (χ0n) is 10.7. The van der Waals surface area contributed by atoms with E-state index in [1.54, 1.807) is 0 Å². The lowest BCUT2D eigenvalue weighted by atomic mass is 10.1. The number of rotatable bonds is 4. The summed E-state index contributed by atoms with van der Waals surface area (Å²) in [4.78, 5) is 16.1. The van der Waals surface area contributed by atoms with E-state index in [0.29, 0.717) is 17.5 Å². The molecule has 1 heterocycles. The van der Waals surface area contributed by atoms with Gasteiger partial charge in [0.2, 0.25) is 5.91 Å². The molecular weight excluding hydrogens is 328 g/mol. The fourth-order valence-electron chi connectivity index (χ4n) is 1.71. The van der Waals surface area contributed by atoms with E-state index < -0.39 is 0 Å². The third-order valence-corrected chi connectivity index (χ3v) is 3.99. The molecule has 0 fully saturated rings. The van der Waals surface area contributed by atoms with Crippen LogP contribution in [-0.4, -0.2) is 10.9 Å². The fourth-order valence-corrected chi connectivity index (χ4v) is 3.23. The van der Waals surface area contributed by atoms with Gasteiger partial charge in [-0.05, 0) is 34.0 Å². The van der Waals surface area contributed by atoms with E-state index in [9.17, 15) is 4.79 Å². The fraction of sp³-hybridized carbons (Fsp3) is 0.333. The number of benzene rings is 1. The molecular formula is C12H15BrN4OS. The van der Waals surface area contributed by atoms with Gasteiger partial charge < -0.3 is 5.32 Å². The van der Waals surface area contributed by atoms with Crippen LogP contribution < -0.4 is 16.6 Å². The Hall–Kier alpha value is -1.18. The number of amides is 1. The molecule has 102 valence electrons. The Kier molecular flexibility index (Phi) is 4.38. The van der Waals surface area contributed by atoms with Crippen molar-refractivity contribution in [1.29, 1.82) is 0 Å².